The topological polar surface area (TPSA) is 87.2 Å². The number of aliphatic hydroxyl groups is 1. The van der Waals surface area contributed by atoms with E-state index in [2.05, 4.69) is 0 Å². The number of halogens is 2. The van der Waals surface area contributed by atoms with Crippen molar-refractivity contribution < 1.29 is 28.8 Å². The lowest BCUT2D eigenvalue weighted by Crippen LogP contribution is -2.48. The predicted molar refractivity (Wildman–Crippen MR) is 139 cm³/mol. The van der Waals surface area contributed by atoms with Gasteiger partial charge < -0.3 is 29.0 Å². The zero-order valence-corrected chi connectivity index (χ0v) is 24.7. The average Bonchev–Trinajstić information content (AvgIpc) is 2.99. The number of amides is 1. The Balaban J connectivity index is 1.45. The van der Waals surface area contributed by atoms with Gasteiger partial charge in [-0.3, -0.25) is 9.69 Å². The molecular weight excluding hydrogens is 511 g/mol. The molecule has 0 aromatic carbocycles. The normalized spacial score (nSPS) is 25.8. The SMILES string of the molecule is CC1(C)C(=O)N(CCOCCOCCOCCOCCN2C(O)C(C)(C)N(Cl)C2(C)C)C(C)(C)N1Cl. The van der Waals surface area contributed by atoms with E-state index in [1.54, 1.807) is 13.7 Å². The summed E-state index contributed by atoms with van der Waals surface area (Å²) in [6.07, 6.45) is -0.677. The van der Waals surface area contributed by atoms with Crippen LogP contribution < -0.4 is 0 Å². The molecule has 0 aromatic rings. The Bertz CT molecular complexity index is 725. The number of carbonyl (C=O) groups excluding carboxylic acids is 1. The van der Waals surface area contributed by atoms with Gasteiger partial charge in [-0.15, -0.1) is 0 Å². The number of nitrogens with zero attached hydrogens (tertiary/aromatic N) is 4. The molecule has 2 fully saturated rings. The summed E-state index contributed by atoms with van der Waals surface area (Å²) in [5.41, 5.74) is -2.34. The van der Waals surface area contributed by atoms with Crippen LogP contribution in [0.3, 0.4) is 0 Å². The summed E-state index contributed by atoms with van der Waals surface area (Å²) in [7, 11) is 0. The fraction of sp³-hybridized carbons (Fsp3) is 0.958. The molecule has 0 radical (unpaired) electrons. The third kappa shape index (κ3) is 6.83. The average molecular weight is 558 g/mol. The van der Waals surface area contributed by atoms with Crippen molar-refractivity contribution in [2.45, 2.75) is 84.0 Å². The quantitative estimate of drug-likeness (QED) is 0.241. The van der Waals surface area contributed by atoms with Crippen molar-refractivity contribution in [1.82, 2.24) is 18.6 Å². The Morgan fingerprint density at radius 3 is 1.47 bits per heavy atom. The first-order chi connectivity index (χ1) is 16.6. The van der Waals surface area contributed by atoms with Gasteiger partial charge in [0.1, 0.15) is 17.4 Å². The number of hydrogen-bond donors (Lipinski definition) is 1. The lowest BCUT2D eigenvalue weighted by atomic mass is 10.1. The molecule has 36 heavy (non-hydrogen) atoms. The van der Waals surface area contributed by atoms with Crippen LogP contribution in [-0.2, 0) is 23.7 Å². The van der Waals surface area contributed by atoms with Gasteiger partial charge >= 0.3 is 0 Å². The van der Waals surface area contributed by atoms with Crippen molar-refractivity contribution in [1.29, 1.82) is 0 Å². The summed E-state index contributed by atoms with van der Waals surface area (Å²) in [5.74, 6) is -0.00759. The van der Waals surface area contributed by atoms with Crippen LogP contribution in [0.5, 0.6) is 0 Å². The minimum absolute atomic E-state index is 0.00759. The molecule has 0 aliphatic carbocycles. The van der Waals surface area contributed by atoms with Crippen LogP contribution >= 0.6 is 23.6 Å². The molecule has 2 heterocycles. The predicted octanol–water partition coefficient (Wildman–Crippen LogP) is 2.47. The van der Waals surface area contributed by atoms with Gasteiger partial charge in [-0.1, -0.05) is 0 Å². The highest BCUT2D eigenvalue weighted by Gasteiger charge is 2.56. The molecule has 1 atom stereocenters. The van der Waals surface area contributed by atoms with E-state index in [1.165, 1.54) is 0 Å². The number of aliphatic hydroxyl groups excluding tert-OH is 1. The van der Waals surface area contributed by atoms with Crippen molar-refractivity contribution in [3.8, 4) is 0 Å². The Morgan fingerprint density at radius 1 is 0.694 bits per heavy atom. The molecule has 1 unspecified atom stereocenters. The zero-order valence-electron chi connectivity index (χ0n) is 23.2. The third-order valence-corrected chi connectivity index (χ3v) is 8.75. The minimum atomic E-state index is -0.740. The summed E-state index contributed by atoms with van der Waals surface area (Å²) >= 11 is 12.8. The summed E-state index contributed by atoms with van der Waals surface area (Å²) in [6, 6.07) is 0. The molecule has 12 heteroatoms. The van der Waals surface area contributed by atoms with Crippen LogP contribution in [0.15, 0.2) is 0 Å². The maximum Gasteiger partial charge on any atom is 0.245 e. The molecule has 2 saturated heterocycles. The van der Waals surface area contributed by atoms with Gasteiger partial charge in [-0.2, -0.15) is 8.84 Å². The fourth-order valence-corrected chi connectivity index (χ4v) is 5.25. The third-order valence-electron chi connectivity index (χ3n) is 7.07. The molecule has 0 aromatic heterocycles. The first-order valence-electron chi connectivity index (χ1n) is 12.6. The highest BCUT2D eigenvalue weighted by atomic mass is 35.5. The summed E-state index contributed by atoms with van der Waals surface area (Å²) in [4.78, 5) is 16.3. The van der Waals surface area contributed by atoms with Crippen molar-refractivity contribution in [2.24, 2.45) is 0 Å². The molecule has 2 aliphatic heterocycles. The fourth-order valence-electron chi connectivity index (χ4n) is 4.90. The molecule has 2 rings (SSSR count). The van der Waals surface area contributed by atoms with Crippen LogP contribution in [0.1, 0.15) is 55.4 Å². The van der Waals surface area contributed by atoms with Crippen LogP contribution in [-0.4, -0.2) is 124 Å². The lowest BCUT2D eigenvalue weighted by molar-refractivity contribution is -0.134. The molecule has 0 spiro atoms. The molecule has 2 aliphatic rings. The highest BCUT2D eigenvalue weighted by Crippen LogP contribution is 2.42. The molecular formula is C24H46Cl2N4O6. The van der Waals surface area contributed by atoms with Crippen LogP contribution in [0.2, 0.25) is 0 Å². The van der Waals surface area contributed by atoms with Crippen molar-refractivity contribution in [2.75, 3.05) is 65.9 Å². The van der Waals surface area contributed by atoms with E-state index >= 15 is 0 Å². The van der Waals surface area contributed by atoms with Gasteiger partial charge in [0, 0.05) is 13.1 Å². The number of carbonyl (C=O) groups is 1. The summed E-state index contributed by atoms with van der Waals surface area (Å²) < 4.78 is 25.6. The summed E-state index contributed by atoms with van der Waals surface area (Å²) in [5, 5.41) is 10.6. The second-order valence-electron chi connectivity index (χ2n) is 11.2. The Kier molecular flexibility index (Phi) is 11.3. The molecule has 10 nitrogen and oxygen atoms in total. The standard InChI is InChI=1S/C24H46Cl2N4O6/c1-21(2)19(31)27(23(5,6)29(21)25)9-11-33-13-15-35-17-18-36-16-14-34-12-10-28-20(32)22(3,4)30(26)24(28,7)8/h19,31H,9-18H2,1-8H3. The van der Waals surface area contributed by atoms with Crippen LogP contribution in [0.25, 0.3) is 0 Å². The Labute approximate surface area is 226 Å². The van der Waals surface area contributed by atoms with Gasteiger partial charge in [0.15, 0.2) is 0 Å². The minimum Gasteiger partial charge on any atom is -0.378 e. The van der Waals surface area contributed by atoms with E-state index in [1.807, 2.05) is 60.3 Å². The van der Waals surface area contributed by atoms with Gasteiger partial charge in [-0.05, 0) is 78.9 Å². The summed E-state index contributed by atoms with van der Waals surface area (Å²) in [6.45, 7) is 20.0. The van der Waals surface area contributed by atoms with E-state index in [9.17, 15) is 9.90 Å². The first-order valence-corrected chi connectivity index (χ1v) is 13.3. The van der Waals surface area contributed by atoms with Gasteiger partial charge in [-0.25, -0.2) is 0 Å². The van der Waals surface area contributed by atoms with Gasteiger partial charge in [0.05, 0.1) is 64.1 Å². The largest absolute Gasteiger partial charge is 0.378 e. The van der Waals surface area contributed by atoms with Crippen molar-refractivity contribution >= 4 is 29.5 Å². The van der Waals surface area contributed by atoms with Crippen LogP contribution in [0.4, 0.5) is 0 Å². The van der Waals surface area contributed by atoms with Crippen molar-refractivity contribution in [3.63, 3.8) is 0 Å². The lowest BCUT2D eigenvalue weighted by Gasteiger charge is -2.35. The van der Waals surface area contributed by atoms with Gasteiger partial charge in [0.25, 0.3) is 0 Å². The van der Waals surface area contributed by atoms with E-state index in [-0.39, 0.29) is 5.91 Å². The van der Waals surface area contributed by atoms with Gasteiger partial charge in [0.2, 0.25) is 5.91 Å². The molecule has 212 valence electrons. The Hall–Kier alpha value is -0.270. The molecule has 1 N–H and O–H groups in total. The molecule has 0 saturated carbocycles. The maximum atomic E-state index is 12.6. The number of ether oxygens (including phenoxy) is 4. The van der Waals surface area contributed by atoms with Crippen molar-refractivity contribution in [3.05, 3.63) is 0 Å². The molecule has 0 bridgehead atoms. The smallest absolute Gasteiger partial charge is 0.245 e. The van der Waals surface area contributed by atoms with E-state index in [0.29, 0.717) is 65.9 Å². The zero-order chi connectivity index (χ0) is 27.4. The van der Waals surface area contributed by atoms with E-state index < -0.39 is 28.6 Å². The highest BCUT2D eigenvalue weighted by molar-refractivity contribution is 6.17. The number of rotatable bonds is 15. The Morgan fingerprint density at radius 2 is 1.11 bits per heavy atom. The number of hydrogen-bond acceptors (Lipinski definition) is 9. The van der Waals surface area contributed by atoms with Crippen LogP contribution in [0, 0.1) is 0 Å². The monoisotopic (exact) mass is 556 g/mol. The van der Waals surface area contributed by atoms with E-state index in [0.717, 1.165) is 0 Å². The maximum absolute atomic E-state index is 12.6. The first kappa shape index (κ1) is 31.9. The second kappa shape index (κ2) is 12.7. The second-order valence-corrected chi connectivity index (χ2v) is 11.9. The molecule has 1 amide bonds. The van der Waals surface area contributed by atoms with E-state index in [4.69, 9.17) is 42.5 Å².